The molecule has 0 bridgehead atoms. The van der Waals surface area contributed by atoms with E-state index in [1.165, 1.54) is 31.7 Å². The van der Waals surface area contributed by atoms with Crippen LogP contribution >= 0.6 is 12.4 Å². The van der Waals surface area contributed by atoms with Crippen molar-refractivity contribution >= 4 is 24.2 Å². The molecular weight excluding hydrogens is 400 g/mol. The first-order valence-electron chi connectivity index (χ1n) is 10.2. The highest BCUT2D eigenvalue weighted by Gasteiger charge is 2.27. The van der Waals surface area contributed by atoms with E-state index in [0.717, 1.165) is 25.0 Å². The highest BCUT2D eigenvalue weighted by molar-refractivity contribution is 5.98. The van der Waals surface area contributed by atoms with E-state index in [4.69, 9.17) is 0 Å². The molecule has 0 spiro atoms. The normalized spacial score (nSPS) is 15.9. The van der Waals surface area contributed by atoms with Crippen molar-refractivity contribution in [1.82, 2.24) is 16.0 Å². The second-order valence-electron chi connectivity index (χ2n) is 7.73. The van der Waals surface area contributed by atoms with Gasteiger partial charge in [-0.15, -0.1) is 12.4 Å². The van der Waals surface area contributed by atoms with Gasteiger partial charge in [-0.25, -0.2) is 8.78 Å². The molecule has 1 aliphatic rings. The Kier molecular flexibility index (Phi) is 11.1. The van der Waals surface area contributed by atoms with Gasteiger partial charge in [-0.1, -0.05) is 45.6 Å². The summed E-state index contributed by atoms with van der Waals surface area (Å²) in [7, 11) is 0. The molecule has 1 saturated carbocycles. The fourth-order valence-corrected chi connectivity index (χ4v) is 3.52. The number of hydrogen-bond acceptors (Lipinski definition) is 3. The fraction of sp³-hybridized carbons (Fsp3) is 0.619. The molecule has 164 valence electrons. The highest BCUT2D eigenvalue weighted by Crippen LogP contribution is 2.17. The van der Waals surface area contributed by atoms with E-state index < -0.39 is 29.1 Å². The van der Waals surface area contributed by atoms with Crippen LogP contribution in [0, 0.1) is 17.6 Å². The van der Waals surface area contributed by atoms with E-state index >= 15 is 0 Å². The molecule has 0 saturated heterocycles. The van der Waals surface area contributed by atoms with Gasteiger partial charge in [0.05, 0.1) is 0 Å². The van der Waals surface area contributed by atoms with Crippen LogP contribution in [0.4, 0.5) is 8.78 Å². The molecule has 1 aromatic rings. The predicted molar refractivity (Wildman–Crippen MR) is 112 cm³/mol. The van der Waals surface area contributed by atoms with Crippen LogP contribution in [0.3, 0.4) is 0 Å². The molecule has 1 atom stereocenters. The van der Waals surface area contributed by atoms with E-state index in [1.807, 2.05) is 0 Å². The number of nitrogens with one attached hydrogen (secondary N) is 3. The van der Waals surface area contributed by atoms with Gasteiger partial charge in [0.15, 0.2) is 0 Å². The predicted octanol–water partition coefficient (Wildman–Crippen LogP) is 3.57. The first kappa shape index (κ1) is 25.3. The zero-order chi connectivity index (χ0) is 20.5. The summed E-state index contributed by atoms with van der Waals surface area (Å²) in [5.74, 6) is -3.42. The van der Waals surface area contributed by atoms with E-state index in [-0.39, 0.29) is 24.2 Å². The minimum Gasteiger partial charge on any atom is -0.353 e. The van der Waals surface area contributed by atoms with Gasteiger partial charge in [-0.3, -0.25) is 9.59 Å². The van der Waals surface area contributed by atoms with Crippen LogP contribution in [0.15, 0.2) is 18.2 Å². The van der Waals surface area contributed by atoms with Crippen LogP contribution in [0.5, 0.6) is 0 Å². The molecule has 2 amide bonds. The van der Waals surface area contributed by atoms with E-state index in [0.29, 0.717) is 19.1 Å². The number of carbonyl (C=O) groups excluding carboxylic acids is 2. The molecule has 1 aromatic carbocycles. The zero-order valence-corrected chi connectivity index (χ0v) is 17.9. The molecule has 5 nitrogen and oxygen atoms in total. The van der Waals surface area contributed by atoms with Gasteiger partial charge in [0.1, 0.15) is 23.2 Å². The Morgan fingerprint density at radius 1 is 1.03 bits per heavy atom. The largest absolute Gasteiger partial charge is 0.353 e. The molecule has 3 N–H and O–H groups in total. The maximum absolute atomic E-state index is 13.8. The van der Waals surface area contributed by atoms with Gasteiger partial charge in [0.25, 0.3) is 5.91 Å². The molecule has 0 radical (unpaired) electrons. The van der Waals surface area contributed by atoms with Gasteiger partial charge in [0, 0.05) is 19.1 Å². The minimum absolute atomic E-state index is 0. The average Bonchev–Trinajstić information content (AvgIpc) is 2.91. The molecule has 0 heterocycles. The number of amides is 2. The van der Waals surface area contributed by atoms with Crippen LogP contribution in [-0.2, 0) is 4.79 Å². The highest BCUT2D eigenvalue weighted by atomic mass is 35.5. The molecular formula is C21H32ClF2N3O2. The Morgan fingerprint density at radius 3 is 2.17 bits per heavy atom. The van der Waals surface area contributed by atoms with Crippen LogP contribution < -0.4 is 16.0 Å². The van der Waals surface area contributed by atoms with Crippen LogP contribution in [0.2, 0.25) is 0 Å². The third-order valence-corrected chi connectivity index (χ3v) is 5.14. The van der Waals surface area contributed by atoms with Crippen molar-refractivity contribution in [2.24, 2.45) is 5.92 Å². The molecule has 0 aromatic heterocycles. The molecule has 1 fully saturated rings. The molecule has 1 aliphatic carbocycles. The Balaban J connectivity index is 0.00000420. The first-order valence-corrected chi connectivity index (χ1v) is 10.2. The van der Waals surface area contributed by atoms with Crippen molar-refractivity contribution in [1.29, 1.82) is 0 Å². The Hall–Kier alpha value is -1.73. The lowest BCUT2D eigenvalue weighted by Crippen LogP contribution is -2.51. The number of rotatable bonds is 8. The number of carbonyl (C=O) groups is 2. The van der Waals surface area contributed by atoms with E-state index in [9.17, 15) is 18.4 Å². The average molecular weight is 432 g/mol. The van der Waals surface area contributed by atoms with Gasteiger partial charge in [-0.05, 0) is 30.9 Å². The Labute approximate surface area is 177 Å². The maximum atomic E-state index is 13.8. The van der Waals surface area contributed by atoms with Gasteiger partial charge in [0.2, 0.25) is 5.91 Å². The summed E-state index contributed by atoms with van der Waals surface area (Å²) in [6.07, 6.45) is 7.36. The molecule has 8 heteroatoms. The monoisotopic (exact) mass is 431 g/mol. The van der Waals surface area contributed by atoms with Gasteiger partial charge >= 0.3 is 0 Å². The second kappa shape index (κ2) is 12.8. The van der Waals surface area contributed by atoms with E-state index in [1.54, 1.807) is 13.8 Å². The second-order valence-corrected chi connectivity index (χ2v) is 7.73. The third-order valence-electron chi connectivity index (χ3n) is 5.14. The fourth-order valence-electron chi connectivity index (χ4n) is 3.52. The van der Waals surface area contributed by atoms with Gasteiger partial charge in [-0.2, -0.15) is 0 Å². The van der Waals surface area contributed by atoms with Crippen LogP contribution in [0.1, 0.15) is 62.7 Å². The minimum atomic E-state index is -0.951. The van der Waals surface area contributed by atoms with Crippen LogP contribution in [0.25, 0.3) is 0 Å². The standard InChI is InChI=1S/C21H31F2N3O2.ClH/c1-14(2)19(26-20(27)18-16(22)10-7-11-17(18)23)21(28)25-13-12-24-15-8-5-3-4-6-9-15;/h7,10-11,14-15,19,24H,3-6,8-9,12-13H2,1-2H3,(H,25,28)(H,26,27);1H. The van der Waals surface area contributed by atoms with Gasteiger partial charge < -0.3 is 16.0 Å². The number of benzene rings is 1. The summed E-state index contributed by atoms with van der Waals surface area (Å²) < 4.78 is 27.6. The SMILES string of the molecule is CC(C)C(NC(=O)c1c(F)cccc1F)C(=O)NCCNC1CCCCCC1.Cl. The van der Waals surface area contributed by atoms with Crippen molar-refractivity contribution in [2.75, 3.05) is 13.1 Å². The van der Waals surface area contributed by atoms with Crippen molar-refractivity contribution in [3.05, 3.63) is 35.4 Å². The lowest BCUT2D eigenvalue weighted by Gasteiger charge is -2.22. The topological polar surface area (TPSA) is 70.2 Å². The molecule has 2 rings (SSSR count). The molecule has 0 aliphatic heterocycles. The maximum Gasteiger partial charge on any atom is 0.257 e. The molecule has 1 unspecified atom stereocenters. The summed E-state index contributed by atoms with van der Waals surface area (Å²) >= 11 is 0. The van der Waals surface area contributed by atoms with E-state index in [2.05, 4.69) is 16.0 Å². The van der Waals surface area contributed by atoms with Crippen LogP contribution in [-0.4, -0.2) is 37.0 Å². The van der Waals surface area contributed by atoms with Crippen molar-refractivity contribution in [3.63, 3.8) is 0 Å². The Morgan fingerprint density at radius 2 is 1.62 bits per heavy atom. The quantitative estimate of drug-likeness (QED) is 0.435. The van der Waals surface area contributed by atoms with Crippen molar-refractivity contribution in [2.45, 2.75) is 64.5 Å². The smallest absolute Gasteiger partial charge is 0.257 e. The number of halogens is 3. The first-order chi connectivity index (χ1) is 13.4. The summed E-state index contributed by atoms with van der Waals surface area (Å²) in [5.41, 5.74) is -0.670. The third kappa shape index (κ3) is 7.90. The summed E-state index contributed by atoms with van der Waals surface area (Å²) in [6, 6.07) is 2.84. The molecule has 29 heavy (non-hydrogen) atoms. The summed E-state index contributed by atoms with van der Waals surface area (Å²) in [4.78, 5) is 24.8. The zero-order valence-electron chi connectivity index (χ0n) is 17.1. The Bertz CT molecular complexity index is 645. The number of hydrogen-bond donors (Lipinski definition) is 3. The lowest BCUT2D eigenvalue weighted by molar-refractivity contribution is -0.123. The summed E-state index contributed by atoms with van der Waals surface area (Å²) in [6.45, 7) is 4.62. The summed E-state index contributed by atoms with van der Waals surface area (Å²) in [5, 5.41) is 8.73. The lowest BCUT2D eigenvalue weighted by atomic mass is 10.0. The van der Waals surface area contributed by atoms with Crippen molar-refractivity contribution in [3.8, 4) is 0 Å². The van der Waals surface area contributed by atoms with Crippen molar-refractivity contribution < 1.29 is 18.4 Å².